The Balaban J connectivity index is 1.32. The Morgan fingerprint density at radius 1 is 0.912 bits per heavy atom. The van der Waals surface area contributed by atoms with Crippen LogP contribution in [0.4, 0.5) is 16.2 Å². The molecule has 0 aliphatic carbocycles. The van der Waals surface area contributed by atoms with E-state index in [-0.39, 0.29) is 6.03 Å². The fourth-order valence-corrected chi connectivity index (χ4v) is 4.46. The number of nitrogens with two attached hydrogens (primary N) is 1. The highest BCUT2D eigenvalue weighted by Gasteiger charge is 2.16. The lowest BCUT2D eigenvalue weighted by Gasteiger charge is -2.30. The van der Waals surface area contributed by atoms with Crippen LogP contribution in [0.15, 0.2) is 85.2 Å². The van der Waals surface area contributed by atoms with Crippen molar-refractivity contribution in [3.05, 3.63) is 90.8 Å². The van der Waals surface area contributed by atoms with E-state index in [0.29, 0.717) is 6.04 Å². The number of para-hydroxylation sites is 1. The van der Waals surface area contributed by atoms with E-state index >= 15 is 0 Å². The number of fused-ring (bicyclic) bond motifs is 1. The molecular formula is C28H29N5O. The van der Waals surface area contributed by atoms with Gasteiger partial charge in [0.2, 0.25) is 0 Å². The van der Waals surface area contributed by atoms with Gasteiger partial charge in [-0.2, -0.15) is 0 Å². The quantitative estimate of drug-likeness (QED) is 0.376. The third kappa shape index (κ3) is 5.25. The van der Waals surface area contributed by atoms with Crippen molar-refractivity contribution in [1.82, 2.24) is 9.88 Å². The van der Waals surface area contributed by atoms with Crippen LogP contribution in [-0.2, 0) is 6.54 Å². The predicted molar refractivity (Wildman–Crippen MR) is 139 cm³/mol. The van der Waals surface area contributed by atoms with E-state index in [1.54, 1.807) is 0 Å². The molecule has 0 bridgehead atoms. The molecule has 6 nitrogen and oxygen atoms in total. The van der Waals surface area contributed by atoms with Crippen molar-refractivity contribution in [2.45, 2.75) is 25.4 Å². The fraction of sp³-hybridized carbons (Fsp3) is 0.214. The van der Waals surface area contributed by atoms with Gasteiger partial charge in [0.15, 0.2) is 0 Å². The minimum Gasteiger partial charge on any atom is -0.328 e. The Labute approximate surface area is 199 Å². The molecule has 1 aromatic heterocycles. The number of anilines is 2. The fourth-order valence-electron chi connectivity index (χ4n) is 4.46. The lowest BCUT2D eigenvalue weighted by molar-refractivity contribution is 0.206. The van der Waals surface area contributed by atoms with Crippen molar-refractivity contribution < 1.29 is 4.79 Å². The molecule has 2 heterocycles. The van der Waals surface area contributed by atoms with Gasteiger partial charge < -0.3 is 16.4 Å². The number of hydrogen-bond donors (Lipinski definition) is 3. The highest BCUT2D eigenvalue weighted by atomic mass is 16.2. The summed E-state index contributed by atoms with van der Waals surface area (Å²) in [7, 11) is 0. The van der Waals surface area contributed by atoms with E-state index in [0.717, 1.165) is 60.4 Å². The molecule has 34 heavy (non-hydrogen) atoms. The Morgan fingerprint density at radius 2 is 1.62 bits per heavy atom. The number of hydrogen-bond acceptors (Lipinski definition) is 4. The Hall–Kier alpha value is -3.74. The summed E-state index contributed by atoms with van der Waals surface area (Å²) in [5, 5.41) is 8.02. The second kappa shape index (κ2) is 10.0. The molecule has 1 fully saturated rings. The first-order valence-electron chi connectivity index (χ1n) is 11.7. The average molecular weight is 452 g/mol. The van der Waals surface area contributed by atoms with Gasteiger partial charge in [0.1, 0.15) is 0 Å². The van der Waals surface area contributed by atoms with E-state index in [2.05, 4.69) is 38.7 Å². The number of aromatic nitrogens is 1. The number of piperidine rings is 1. The summed E-state index contributed by atoms with van der Waals surface area (Å²) in [5.74, 6) is 0. The molecule has 3 aromatic carbocycles. The van der Waals surface area contributed by atoms with Gasteiger partial charge in [-0.15, -0.1) is 0 Å². The Bertz CT molecular complexity index is 1270. The van der Waals surface area contributed by atoms with Gasteiger partial charge in [-0.1, -0.05) is 42.5 Å². The van der Waals surface area contributed by atoms with Crippen LogP contribution in [0.25, 0.3) is 21.9 Å². The molecule has 1 aliphatic heterocycles. The van der Waals surface area contributed by atoms with E-state index in [4.69, 9.17) is 5.73 Å². The van der Waals surface area contributed by atoms with Crippen molar-refractivity contribution >= 4 is 28.2 Å². The Kier molecular flexibility index (Phi) is 6.51. The van der Waals surface area contributed by atoms with E-state index in [1.165, 1.54) is 10.9 Å². The second-order valence-corrected chi connectivity index (χ2v) is 8.88. The highest BCUT2D eigenvalue weighted by molar-refractivity contribution is 6.00. The molecule has 1 saturated heterocycles. The molecule has 4 aromatic rings. The number of rotatable bonds is 5. The molecule has 4 N–H and O–H groups in total. The average Bonchev–Trinajstić information content (AvgIpc) is 2.86. The van der Waals surface area contributed by atoms with Gasteiger partial charge in [0, 0.05) is 47.3 Å². The molecule has 0 saturated carbocycles. The summed E-state index contributed by atoms with van der Waals surface area (Å²) in [5.41, 5.74) is 11.0. The van der Waals surface area contributed by atoms with Gasteiger partial charge in [-0.25, -0.2) is 4.79 Å². The lowest BCUT2D eigenvalue weighted by atomic mass is 9.98. The predicted octanol–water partition coefficient (Wildman–Crippen LogP) is 5.47. The number of carbonyl (C=O) groups excluding carboxylic acids is 1. The number of nitrogens with zero attached hydrogens (tertiary/aromatic N) is 2. The monoisotopic (exact) mass is 451 g/mol. The number of likely N-dealkylation sites (tertiary alicyclic amines) is 1. The maximum Gasteiger partial charge on any atom is 0.323 e. The molecule has 2 amide bonds. The standard InChI is InChI=1S/C28H29N5O/c29-23-12-14-33(15-13-23)19-20-6-7-22-17-30-18-27(26(22)16-20)21-8-10-25(11-9-21)32-28(34)31-24-4-2-1-3-5-24/h1-11,16-18,23H,12-15,19,29H2,(H2,31,32,34). The molecular weight excluding hydrogens is 422 g/mol. The summed E-state index contributed by atoms with van der Waals surface area (Å²) >= 11 is 0. The number of nitrogens with one attached hydrogen (secondary N) is 2. The molecule has 0 atom stereocenters. The number of pyridine rings is 1. The van der Waals surface area contributed by atoms with E-state index in [1.807, 2.05) is 67.0 Å². The van der Waals surface area contributed by atoms with Crippen molar-refractivity contribution in [3.8, 4) is 11.1 Å². The SMILES string of the molecule is NC1CCN(Cc2ccc3cncc(-c4ccc(NC(=O)Nc5ccccc5)cc4)c3c2)CC1. The first kappa shape index (κ1) is 22.1. The zero-order chi connectivity index (χ0) is 23.3. The number of urea groups is 1. The first-order valence-corrected chi connectivity index (χ1v) is 11.7. The summed E-state index contributed by atoms with van der Waals surface area (Å²) in [6.45, 7) is 3.03. The van der Waals surface area contributed by atoms with Crippen LogP contribution < -0.4 is 16.4 Å². The molecule has 0 unspecified atom stereocenters. The normalized spacial score (nSPS) is 14.7. The van der Waals surface area contributed by atoms with Gasteiger partial charge in [0.25, 0.3) is 0 Å². The Morgan fingerprint density at radius 3 is 2.35 bits per heavy atom. The van der Waals surface area contributed by atoms with Crippen molar-refractivity contribution in [2.24, 2.45) is 5.73 Å². The third-order valence-corrected chi connectivity index (χ3v) is 6.35. The first-order chi connectivity index (χ1) is 16.6. The van der Waals surface area contributed by atoms with Crippen LogP contribution >= 0.6 is 0 Å². The summed E-state index contributed by atoms with van der Waals surface area (Å²) in [6, 6.07) is 24.0. The molecule has 0 spiro atoms. The summed E-state index contributed by atoms with van der Waals surface area (Å²) in [6.07, 6.45) is 5.95. The van der Waals surface area contributed by atoms with Crippen LogP contribution in [0.3, 0.4) is 0 Å². The number of carbonyl (C=O) groups is 1. The number of amides is 2. The van der Waals surface area contributed by atoms with E-state index < -0.39 is 0 Å². The molecule has 0 radical (unpaired) electrons. The summed E-state index contributed by atoms with van der Waals surface area (Å²) < 4.78 is 0. The lowest BCUT2D eigenvalue weighted by Crippen LogP contribution is -2.39. The topological polar surface area (TPSA) is 83.3 Å². The van der Waals surface area contributed by atoms with Crippen molar-refractivity contribution in [3.63, 3.8) is 0 Å². The van der Waals surface area contributed by atoms with Gasteiger partial charge in [0.05, 0.1) is 0 Å². The number of benzene rings is 3. The van der Waals surface area contributed by atoms with Crippen LogP contribution in [0.5, 0.6) is 0 Å². The molecule has 1 aliphatic rings. The van der Waals surface area contributed by atoms with Crippen LogP contribution in [0, 0.1) is 0 Å². The van der Waals surface area contributed by atoms with E-state index in [9.17, 15) is 4.79 Å². The van der Waals surface area contributed by atoms with Crippen LogP contribution in [-0.4, -0.2) is 35.0 Å². The van der Waals surface area contributed by atoms with Crippen molar-refractivity contribution in [1.29, 1.82) is 0 Å². The van der Waals surface area contributed by atoms with Crippen molar-refractivity contribution in [2.75, 3.05) is 23.7 Å². The second-order valence-electron chi connectivity index (χ2n) is 8.88. The highest BCUT2D eigenvalue weighted by Crippen LogP contribution is 2.30. The van der Waals surface area contributed by atoms with Crippen LogP contribution in [0.2, 0.25) is 0 Å². The molecule has 5 rings (SSSR count). The smallest absolute Gasteiger partial charge is 0.323 e. The van der Waals surface area contributed by atoms with Gasteiger partial charge in [-0.3, -0.25) is 9.88 Å². The van der Waals surface area contributed by atoms with Crippen LogP contribution in [0.1, 0.15) is 18.4 Å². The minimum atomic E-state index is -0.269. The van der Waals surface area contributed by atoms with Gasteiger partial charge >= 0.3 is 6.03 Å². The maximum atomic E-state index is 12.3. The largest absolute Gasteiger partial charge is 0.328 e. The molecule has 6 heteroatoms. The molecule has 172 valence electrons. The third-order valence-electron chi connectivity index (χ3n) is 6.35. The minimum absolute atomic E-state index is 0.269. The van der Waals surface area contributed by atoms with Gasteiger partial charge in [-0.05, 0) is 72.8 Å². The zero-order valence-corrected chi connectivity index (χ0v) is 19.1. The zero-order valence-electron chi connectivity index (χ0n) is 19.1. The summed E-state index contributed by atoms with van der Waals surface area (Å²) in [4.78, 5) is 19.2. The maximum absolute atomic E-state index is 12.3.